The summed E-state index contributed by atoms with van der Waals surface area (Å²) in [5.74, 6) is 0.694. The van der Waals surface area contributed by atoms with E-state index in [1.165, 1.54) is 11.1 Å². The molecule has 2 rings (SSSR count). The Morgan fingerprint density at radius 2 is 1.70 bits per heavy atom. The fourth-order valence-electron chi connectivity index (χ4n) is 4.17. The zero-order chi connectivity index (χ0) is 17.4. The minimum Gasteiger partial charge on any atom is -0.369 e. The van der Waals surface area contributed by atoms with Crippen molar-refractivity contribution in [3.63, 3.8) is 0 Å². The molecular formula is C20H36O3. The smallest absolute Gasteiger partial charge is 0.165 e. The van der Waals surface area contributed by atoms with Gasteiger partial charge in [0.05, 0.1) is 23.9 Å². The molecule has 3 heteroatoms. The van der Waals surface area contributed by atoms with E-state index in [0.29, 0.717) is 11.8 Å². The molecule has 5 unspecified atom stereocenters. The van der Waals surface area contributed by atoms with Crippen LogP contribution in [0.25, 0.3) is 0 Å². The van der Waals surface area contributed by atoms with Crippen LogP contribution in [0.5, 0.6) is 0 Å². The second-order valence-corrected chi connectivity index (χ2v) is 7.70. The second-order valence-electron chi connectivity index (χ2n) is 7.70. The molecule has 0 N–H and O–H groups in total. The summed E-state index contributed by atoms with van der Waals surface area (Å²) in [7, 11) is 0. The van der Waals surface area contributed by atoms with Crippen molar-refractivity contribution in [1.82, 2.24) is 0 Å². The van der Waals surface area contributed by atoms with Crippen molar-refractivity contribution in [2.75, 3.05) is 0 Å². The summed E-state index contributed by atoms with van der Waals surface area (Å²) >= 11 is 0. The Morgan fingerprint density at radius 3 is 2.22 bits per heavy atom. The molecule has 0 bridgehead atoms. The van der Waals surface area contributed by atoms with Crippen molar-refractivity contribution >= 4 is 0 Å². The van der Waals surface area contributed by atoms with Gasteiger partial charge in [-0.1, -0.05) is 40.2 Å². The molecule has 7 atom stereocenters. The fourth-order valence-corrected chi connectivity index (χ4v) is 4.17. The normalized spacial score (nSPS) is 44.9. The molecule has 134 valence electrons. The average molecular weight is 325 g/mol. The predicted molar refractivity (Wildman–Crippen MR) is 94.4 cm³/mol. The van der Waals surface area contributed by atoms with Gasteiger partial charge in [0, 0.05) is 11.8 Å². The fraction of sp³-hybridized carbons (Fsp3) is 0.900. The lowest BCUT2D eigenvalue weighted by Gasteiger charge is -2.40. The largest absolute Gasteiger partial charge is 0.369 e. The molecule has 0 radical (unpaired) electrons. The van der Waals surface area contributed by atoms with Crippen molar-refractivity contribution in [2.45, 2.75) is 105 Å². The molecule has 0 spiro atoms. The lowest BCUT2D eigenvalue weighted by Crippen LogP contribution is -2.46. The van der Waals surface area contributed by atoms with E-state index in [-0.39, 0.29) is 30.2 Å². The first-order valence-corrected chi connectivity index (χ1v) is 9.44. The summed E-state index contributed by atoms with van der Waals surface area (Å²) in [5.41, 5.74) is 2.58. The van der Waals surface area contributed by atoms with Gasteiger partial charge in [-0.2, -0.15) is 0 Å². The highest BCUT2D eigenvalue weighted by atomic mass is 16.7. The first kappa shape index (κ1) is 19.0. The van der Waals surface area contributed by atoms with Crippen molar-refractivity contribution in [2.24, 2.45) is 11.8 Å². The minimum atomic E-state index is -0.213. The number of hydrogen-bond donors (Lipinski definition) is 0. The van der Waals surface area contributed by atoms with Crippen LogP contribution in [0, 0.1) is 11.8 Å². The van der Waals surface area contributed by atoms with Crippen molar-refractivity contribution in [3.05, 3.63) is 11.1 Å². The molecule has 0 aromatic heterocycles. The molecule has 0 aromatic rings. The summed E-state index contributed by atoms with van der Waals surface area (Å²) in [5, 5.41) is 0. The molecule has 0 aromatic carbocycles. The quantitative estimate of drug-likeness (QED) is 0.659. The molecular weight excluding hydrogens is 288 g/mol. The van der Waals surface area contributed by atoms with Crippen LogP contribution in [0.1, 0.15) is 74.7 Å². The van der Waals surface area contributed by atoms with Gasteiger partial charge >= 0.3 is 0 Å². The van der Waals surface area contributed by atoms with Crippen LogP contribution in [-0.4, -0.2) is 30.2 Å². The highest BCUT2D eigenvalue weighted by Crippen LogP contribution is 2.43. The van der Waals surface area contributed by atoms with Crippen LogP contribution in [0.3, 0.4) is 0 Å². The summed E-state index contributed by atoms with van der Waals surface area (Å²) in [6, 6.07) is 0. The maximum absolute atomic E-state index is 6.58. The van der Waals surface area contributed by atoms with Crippen molar-refractivity contribution in [3.8, 4) is 0 Å². The molecule has 2 heterocycles. The lowest BCUT2D eigenvalue weighted by molar-refractivity contribution is -0.236. The van der Waals surface area contributed by atoms with Gasteiger partial charge in [-0.05, 0) is 45.6 Å². The standard InChI is InChI=1S/C20H36O3/c1-9-16-13(5)12(4)14(6)19(21-16)22-18-15(7)17(10-2)23-20(18,8)11-3/h14-19H,9-11H2,1-8H3/t14-,15+,16?,17?,18?,19?,20?/m1/s1. The van der Waals surface area contributed by atoms with E-state index in [9.17, 15) is 0 Å². The molecule has 3 nitrogen and oxygen atoms in total. The zero-order valence-corrected chi connectivity index (χ0v) is 16.3. The maximum Gasteiger partial charge on any atom is 0.165 e. The van der Waals surface area contributed by atoms with E-state index in [1.807, 2.05) is 0 Å². The van der Waals surface area contributed by atoms with Crippen LogP contribution in [0.2, 0.25) is 0 Å². The summed E-state index contributed by atoms with van der Waals surface area (Å²) < 4.78 is 19.3. The van der Waals surface area contributed by atoms with E-state index < -0.39 is 0 Å². The predicted octanol–water partition coefficient (Wildman–Crippen LogP) is 5.09. The van der Waals surface area contributed by atoms with Crippen LogP contribution in [0.4, 0.5) is 0 Å². The number of ether oxygens (including phenoxy) is 3. The van der Waals surface area contributed by atoms with E-state index in [0.717, 1.165) is 19.3 Å². The Hall–Kier alpha value is -0.380. The lowest BCUT2D eigenvalue weighted by atomic mass is 9.87. The Bertz CT molecular complexity index is 444. The van der Waals surface area contributed by atoms with E-state index >= 15 is 0 Å². The van der Waals surface area contributed by atoms with Crippen LogP contribution >= 0.6 is 0 Å². The molecule has 1 saturated heterocycles. The summed E-state index contributed by atoms with van der Waals surface area (Å²) in [6.07, 6.45) is 3.38. The Balaban J connectivity index is 2.20. The van der Waals surface area contributed by atoms with Gasteiger partial charge < -0.3 is 14.2 Å². The number of rotatable bonds is 5. The SMILES string of the molecule is CCC1OC(OC2[C@@H](C)C(CC)OC2(C)CC)[C@H](C)C(C)=C1C. The average Bonchev–Trinajstić information content (AvgIpc) is 2.79. The third-order valence-corrected chi connectivity index (χ3v) is 6.34. The van der Waals surface area contributed by atoms with Gasteiger partial charge in [-0.25, -0.2) is 0 Å². The van der Waals surface area contributed by atoms with E-state index in [1.54, 1.807) is 0 Å². The van der Waals surface area contributed by atoms with Gasteiger partial charge in [0.15, 0.2) is 6.29 Å². The molecule has 0 saturated carbocycles. The Kier molecular flexibility index (Phi) is 5.97. The van der Waals surface area contributed by atoms with Gasteiger partial charge in [-0.15, -0.1) is 0 Å². The molecule has 2 aliphatic heterocycles. The zero-order valence-electron chi connectivity index (χ0n) is 16.3. The molecule has 2 aliphatic rings. The highest BCUT2D eigenvalue weighted by Gasteiger charge is 2.51. The van der Waals surface area contributed by atoms with Crippen molar-refractivity contribution in [1.29, 1.82) is 0 Å². The van der Waals surface area contributed by atoms with E-state index in [2.05, 4.69) is 55.4 Å². The minimum absolute atomic E-state index is 0.0913. The topological polar surface area (TPSA) is 27.7 Å². The maximum atomic E-state index is 6.58. The van der Waals surface area contributed by atoms with Crippen LogP contribution in [-0.2, 0) is 14.2 Å². The third-order valence-electron chi connectivity index (χ3n) is 6.34. The Labute approximate surface area is 142 Å². The summed E-state index contributed by atoms with van der Waals surface area (Å²) in [6.45, 7) is 17.7. The first-order chi connectivity index (χ1) is 10.8. The van der Waals surface area contributed by atoms with Crippen LogP contribution in [0.15, 0.2) is 11.1 Å². The third kappa shape index (κ3) is 3.38. The van der Waals surface area contributed by atoms with Crippen molar-refractivity contribution < 1.29 is 14.2 Å². The van der Waals surface area contributed by atoms with Crippen LogP contribution < -0.4 is 0 Å². The monoisotopic (exact) mass is 324 g/mol. The molecule has 0 amide bonds. The van der Waals surface area contributed by atoms with Gasteiger partial charge in [-0.3, -0.25) is 0 Å². The molecule has 0 aliphatic carbocycles. The van der Waals surface area contributed by atoms with Gasteiger partial charge in [0.25, 0.3) is 0 Å². The first-order valence-electron chi connectivity index (χ1n) is 9.44. The van der Waals surface area contributed by atoms with Gasteiger partial charge in [0.2, 0.25) is 0 Å². The van der Waals surface area contributed by atoms with Gasteiger partial charge in [0.1, 0.15) is 0 Å². The van der Waals surface area contributed by atoms with E-state index in [4.69, 9.17) is 14.2 Å². The number of hydrogen-bond acceptors (Lipinski definition) is 3. The second kappa shape index (κ2) is 7.25. The highest BCUT2D eigenvalue weighted by molar-refractivity contribution is 5.20. The molecule has 1 fully saturated rings. The Morgan fingerprint density at radius 1 is 1.04 bits per heavy atom. The molecule has 23 heavy (non-hydrogen) atoms. The summed E-state index contributed by atoms with van der Waals surface area (Å²) in [4.78, 5) is 0.